The summed E-state index contributed by atoms with van der Waals surface area (Å²) in [5, 5.41) is 3.66. The van der Waals surface area contributed by atoms with Crippen LogP contribution in [0.5, 0.6) is 5.75 Å². The van der Waals surface area contributed by atoms with E-state index in [0.717, 1.165) is 18.6 Å². The van der Waals surface area contributed by atoms with E-state index in [-0.39, 0.29) is 18.0 Å². The molecule has 1 aliphatic rings. The molecule has 4 rings (SSSR count). The van der Waals surface area contributed by atoms with Gasteiger partial charge in [-0.05, 0) is 24.6 Å². The van der Waals surface area contributed by atoms with Crippen LogP contribution in [0.25, 0.3) is 11.3 Å². The number of rotatable bonds is 5. The zero-order valence-corrected chi connectivity index (χ0v) is 16.9. The number of carbonyl (C=O) groups excluding carboxylic acids is 1. The molecule has 0 aromatic carbocycles. The summed E-state index contributed by atoms with van der Waals surface area (Å²) < 4.78 is 80.4. The molecule has 174 valence electrons. The SMILES string of the molecule is Cc1cc(-c2cncc(OCC(F)(F)F)c2)nc2c1C(=O)N(c1cnn(CC(F)(F)F)c1)C2. The maximum Gasteiger partial charge on any atom is 0.422 e. The number of aromatic nitrogens is 4. The highest BCUT2D eigenvalue weighted by Crippen LogP contribution is 2.32. The Morgan fingerprint density at radius 1 is 1.06 bits per heavy atom. The molecule has 1 aliphatic heterocycles. The van der Waals surface area contributed by atoms with Crippen LogP contribution >= 0.6 is 0 Å². The first-order valence-corrected chi connectivity index (χ1v) is 9.46. The molecule has 1 amide bonds. The summed E-state index contributed by atoms with van der Waals surface area (Å²) in [6.45, 7) is -1.10. The van der Waals surface area contributed by atoms with Gasteiger partial charge in [-0.2, -0.15) is 31.4 Å². The highest BCUT2D eigenvalue weighted by molar-refractivity contribution is 6.10. The number of aryl methyl sites for hydroxylation is 1. The van der Waals surface area contributed by atoms with Gasteiger partial charge in [0.25, 0.3) is 5.91 Å². The van der Waals surface area contributed by atoms with Gasteiger partial charge in [0, 0.05) is 18.0 Å². The Bertz CT molecular complexity index is 1200. The molecule has 0 N–H and O–H groups in total. The first-order valence-electron chi connectivity index (χ1n) is 9.46. The summed E-state index contributed by atoms with van der Waals surface area (Å²) in [4.78, 5) is 22.5. The van der Waals surface area contributed by atoms with Crippen molar-refractivity contribution < 1.29 is 35.9 Å². The lowest BCUT2D eigenvalue weighted by atomic mass is 10.1. The molecular weight excluding hydrogens is 456 g/mol. The summed E-state index contributed by atoms with van der Waals surface area (Å²) >= 11 is 0. The molecule has 3 aromatic rings. The highest BCUT2D eigenvalue weighted by atomic mass is 19.4. The average Bonchev–Trinajstić information content (AvgIpc) is 3.29. The summed E-state index contributed by atoms with van der Waals surface area (Å²) in [7, 11) is 0. The molecule has 4 heterocycles. The molecule has 0 unspecified atom stereocenters. The molecule has 3 aromatic heterocycles. The van der Waals surface area contributed by atoms with Crippen LogP contribution in [-0.2, 0) is 13.1 Å². The summed E-state index contributed by atoms with van der Waals surface area (Å²) in [6, 6.07) is 2.93. The number of hydrogen-bond acceptors (Lipinski definition) is 5. The second-order valence-electron chi connectivity index (χ2n) is 7.36. The first-order chi connectivity index (χ1) is 15.4. The van der Waals surface area contributed by atoms with E-state index in [1.165, 1.54) is 17.2 Å². The molecule has 0 spiro atoms. The minimum atomic E-state index is -4.50. The van der Waals surface area contributed by atoms with E-state index < -0.39 is 31.4 Å². The van der Waals surface area contributed by atoms with Gasteiger partial charge in [-0.25, -0.2) is 0 Å². The van der Waals surface area contributed by atoms with Crippen molar-refractivity contribution in [1.29, 1.82) is 0 Å². The normalized spacial score (nSPS) is 14.0. The van der Waals surface area contributed by atoms with Crippen LogP contribution in [0.15, 0.2) is 36.9 Å². The van der Waals surface area contributed by atoms with Gasteiger partial charge in [0.05, 0.1) is 41.6 Å². The lowest BCUT2D eigenvalue weighted by Crippen LogP contribution is -2.23. The molecule has 0 fully saturated rings. The lowest BCUT2D eigenvalue weighted by Gasteiger charge is -2.12. The summed E-state index contributed by atoms with van der Waals surface area (Å²) in [6.07, 6.45) is -4.14. The minimum Gasteiger partial charge on any atom is -0.482 e. The smallest absolute Gasteiger partial charge is 0.422 e. The van der Waals surface area contributed by atoms with Gasteiger partial charge in [-0.15, -0.1) is 0 Å². The van der Waals surface area contributed by atoms with Gasteiger partial charge in [0.1, 0.15) is 12.3 Å². The van der Waals surface area contributed by atoms with Crippen LogP contribution in [0.3, 0.4) is 0 Å². The van der Waals surface area contributed by atoms with Gasteiger partial charge >= 0.3 is 12.4 Å². The summed E-state index contributed by atoms with van der Waals surface area (Å²) in [5.74, 6) is -0.534. The molecule has 0 saturated carbocycles. The zero-order valence-electron chi connectivity index (χ0n) is 16.9. The Kier molecular flexibility index (Phi) is 5.50. The maximum atomic E-state index is 12.9. The molecule has 33 heavy (non-hydrogen) atoms. The molecule has 0 aliphatic carbocycles. The van der Waals surface area contributed by atoms with Crippen LogP contribution in [0.2, 0.25) is 0 Å². The lowest BCUT2D eigenvalue weighted by molar-refractivity contribution is -0.153. The average molecular weight is 471 g/mol. The fraction of sp³-hybridized carbons (Fsp3) is 0.300. The van der Waals surface area contributed by atoms with Crippen molar-refractivity contribution >= 4 is 11.6 Å². The van der Waals surface area contributed by atoms with Crippen molar-refractivity contribution in [3.63, 3.8) is 0 Å². The predicted octanol–water partition coefficient (Wildman–Crippen LogP) is 4.31. The standard InChI is InChI=1S/C20H15F6N5O2/c1-11-2-15(12-3-14(6-27-4-12)33-10-20(24,25)26)29-16-8-31(18(32)17(11)16)13-5-28-30(7-13)9-19(21,22)23/h2-7H,8-10H2,1H3. The Morgan fingerprint density at radius 3 is 2.52 bits per heavy atom. The molecule has 0 saturated heterocycles. The molecule has 13 heteroatoms. The molecule has 0 atom stereocenters. The second-order valence-corrected chi connectivity index (χ2v) is 7.36. The fourth-order valence-electron chi connectivity index (χ4n) is 3.42. The van der Waals surface area contributed by atoms with Crippen LogP contribution in [0.1, 0.15) is 21.6 Å². The van der Waals surface area contributed by atoms with Gasteiger partial charge in [-0.3, -0.25) is 24.3 Å². The van der Waals surface area contributed by atoms with E-state index in [9.17, 15) is 31.1 Å². The van der Waals surface area contributed by atoms with Crippen molar-refractivity contribution in [3.05, 3.63) is 53.7 Å². The molecule has 0 radical (unpaired) electrons. The second kappa shape index (κ2) is 8.05. The monoisotopic (exact) mass is 471 g/mol. The number of hydrogen-bond donors (Lipinski definition) is 0. The van der Waals surface area contributed by atoms with Gasteiger partial charge in [0.2, 0.25) is 0 Å². The Labute approximate surface area is 182 Å². The third kappa shape index (κ3) is 5.07. The topological polar surface area (TPSA) is 73.1 Å². The number of ether oxygens (including phenoxy) is 1. The maximum absolute atomic E-state index is 12.9. The third-order valence-corrected chi connectivity index (χ3v) is 4.74. The van der Waals surface area contributed by atoms with E-state index >= 15 is 0 Å². The van der Waals surface area contributed by atoms with E-state index in [0.29, 0.717) is 32.8 Å². The minimum absolute atomic E-state index is 0.00174. The Balaban J connectivity index is 1.59. The number of nitrogens with zero attached hydrogens (tertiary/aromatic N) is 5. The molecule has 7 nitrogen and oxygen atoms in total. The van der Waals surface area contributed by atoms with Crippen molar-refractivity contribution in [2.75, 3.05) is 11.5 Å². The van der Waals surface area contributed by atoms with Crippen molar-refractivity contribution in [2.45, 2.75) is 32.4 Å². The third-order valence-electron chi connectivity index (χ3n) is 4.74. The number of fused-ring (bicyclic) bond motifs is 1. The summed E-state index contributed by atoms with van der Waals surface area (Å²) in [5.41, 5.74) is 2.15. The van der Waals surface area contributed by atoms with Crippen LogP contribution < -0.4 is 9.64 Å². The number of pyridine rings is 2. The van der Waals surface area contributed by atoms with E-state index in [1.807, 2.05) is 0 Å². The number of halogens is 6. The van der Waals surface area contributed by atoms with Crippen LogP contribution in [0.4, 0.5) is 32.0 Å². The predicted molar refractivity (Wildman–Crippen MR) is 103 cm³/mol. The fourth-order valence-corrected chi connectivity index (χ4v) is 3.42. The first kappa shape index (κ1) is 22.6. The van der Waals surface area contributed by atoms with E-state index in [4.69, 9.17) is 4.74 Å². The van der Waals surface area contributed by atoms with Gasteiger partial charge < -0.3 is 4.74 Å². The number of anilines is 1. The Morgan fingerprint density at radius 2 is 1.82 bits per heavy atom. The van der Waals surface area contributed by atoms with Crippen LogP contribution in [-0.4, -0.2) is 44.6 Å². The quantitative estimate of drug-likeness (QED) is 0.519. The van der Waals surface area contributed by atoms with Gasteiger partial charge in [-0.1, -0.05) is 0 Å². The van der Waals surface area contributed by atoms with Crippen LogP contribution in [0, 0.1) is 6.92 Å². The number of alkyl halides is 6. The Hall–Kier alpha value is -3.64. The zero-order chi connectivity index (χ0) is 24.0. The van der Waals surface area contributed by atoms with Crippen molar-refractivity contribution in [2.24, 2.45) is 0 Å². The largest absolute Gasteiger partial charge is 0.482 e. The van der Waals surface area contributed by atoms with Crippen molar-refractivity contribution in [1.82, 2.24) is 19.7 Å². The van der Waals surface area contributed by atoms with E-state index in [1.54, 1.807) is 13.0 Å². The molecular formula is C20H15F6N5O2. The van der Waals surface area contributed by atoms with E-state index in [2.05, 4.69) is 15.1 Å². The molecule has 0 bridgehead atoms. The van der Waals surface area contributed by atoms with Crippen molar-refractivity contribution in [3.8, 4) is 17.0 Å². The van der Waals surface area contributed by atoms with Gasteiger partial charge in [0.15, 0.2) is 6.61 Å². The number of amides is 1. The highest BCUT2D eigenvalue weighted by Gasteiger charge is 2.34. The number of carbonyl (C=O) groups is 1.